The molecule has 2 heteroatoms. The molecule has 2 heterocycles. The predicted molar refractivity (Wildman–Crippen MR) is 85.0 cm³/mol. The van der Waals surface area contributed by atoms with Crippen LogP contribution in [-0.2, 0) is 5.60 Å². The Balaban J connectivity index is 1.72. The minimum atomic E-state index is -0.592. The third-order valence-electron chi connectivity index (χ3n) is 6.26. The average Bonchev–Trinajstić information content (AvgIpc) is 2.56. The van der Waals surface area contributed by atoms with Crippen molar-refractivity contribution in [1.29, 1.82) is 0 Å². The van der Waals surface area contributed by atoms with E-state index in [4.69, 9.17) is 0 Å². The van der Waals surface area contributed by atoms with Crippen molar-refractivity contribution in [3.05, 3.63) is 35.9 Å². The van der Waals surface area contributed by atoms with Crippen molar-refractivity contribution in [2.45, 2.75) is 69.1 Å². The number of piperidine rings is 2. The lowest BCUT2D eigenvalue weighted by molar-refractivity contribution is -0.150. The Hall–Kier alpha value is -0.860. The predicted octanol–water partition coefficient (Wildman–Crippen LogP) is 3.69. The van der Waals surface area contributed by atoms with Gasteiger partial charge in [-0.15, -0.1) is 0 Å². The molecule has 0 aromatic heterocycles. The van der Waals surface area contributed by atoms with Gasteiger partial charge in [-0.05, 0) is 44.2 Å². The first-order valence-electron chi connectivity index (χ1n) is 8.83. The van der Waals surface area contributed by atoms with Crippen molar-refractivity contribution < 1.29 is 5.11 Å². The molecule has 114 valence electrons. The van der Waals surface area contributed by atoms with Crippen molar-refractivity contribution >= 4 is 0 Å². The van der Waals surface area contributed by atoms with E-state index in [-0.39, 0.29) is 0 Å². The number of fused-ring (bicyclic) bond motifs is 3. The van der Waals surface area contributed by atoms with Gasteiger partial charge in [0.05, 0.1) is 5.60 Å². The Labute approximate surface area is 128 Å². The van der Waals surface area contributed by atoms with Gasteiger partial charge in [0.15, 0.2) is 0 Å². The maximum absolute atomic E-state index is 11.7. The molecule has 1 aromatic carbocycles. The molecule has 0 radical (unpaired) electrons. The van der Waals surface area contributed by atoms with Crippen LogP contribution in [0.4, 0.5) is 0 Å². The van der Waals surface area contributed by atoms with Crippen LogP contribution < -0.4 is 0 Å². The van der Waals surface area contributed by atoms with Crippen molar-refractivity contribution in [3.8, 4) is 0 Å². The van der Waals surface area contributed by atoms with E-state index < -0.39 is 5.60 Å². The summed E-state index contributed by atoms with van der Waals surface area (Å²) in [5, 5.41) is 11.7. The van der Waals surface area contributed by atoms with E-state index in [2.05, 4.69) is 35.2 Å². The summed E-state index contributed by atoms with van der Waals surface area (Å²) in [7, 11) is 0. The van der Waals surface area contributed by atoms with Crippen molar-refractivity contribution in [2.75, 3.05) is 6.54 Å². The molecule has 0 amide bonds. The van der Waals surface area contributed by atoms with Crippen LogP contribution in [0.3, 0.4) is 0 Å². The molecule has 4 atom stereocenters. The lowest BCUT2D eigenvalue weighted by atomic mass is 9.63. The van der Waals surface area contributed by atoms with Gasteiger partial charge in [0, 0.05) is 18.0 Å². The highest BCUT2D eigenvalue weighted by Crippen LogP contribution is 2.50. The van der Waals surface area contributed by atoms with E-state index in [1.54, 1.807) is 0 Å². The van der Waals surface area contributed by atoms with E-state index in [1.807, 2.05) is 0 Å². The molecular weight excluding hydrogens is 258 g/mol. The Kier molecular flexibility index (Phi) is 3.55. The van der Waals surface area contributed by atoms with E-state index in [0.29, 0.717) is 18.0 Å². The van der Waals surface area contributed by atoms with Crippen LogP contribution in [0.25, 0.3) is 0 Å². The molecule has 0 spiro atoms. The Morgan fingerprint density at radius 2 is 1.71 bits per heavy atom. The normalized spacial score (nSPS) is 40.3. The van der Waals surface area contributed by atoms with Gasteiger partial charge in [-0.2, -0.15) is 0 Å². The van der Waals surface area contributed by atoms with Crippen LogP contribution in [0.15, 0.2) is 30.3 Å². The molecule has 1 aliphatic carbocycles. The van der Waals surface area contributed by atoms with Crippen LogP contribution in [0, 0.1) is 5.92 Å². The summed E-state index contributed by atoms with van der Waals surface area (Å²) in [5.74, 6) is 0.433. The molecule has 0 bridgehead atoms. The highest BCUT2D eigenvalue weighted by molar-refractivity contribution is 5.26. The first-order valence-corrected chi connectivity index (χ1v) is 8.83. The summed E-state index contributed by atoms with van der Waals surface area (Å²) < 4.78 is 0. The van der Waals surface area contributed by atoms with Crippen LogP contribution in [0.2, 0.25) is 0 Å². The van der Waals surface area contributed by atoms with Crippen molar-refractivity contribution in [1.82, 2.24) is 4.90 Å². The van der Waals surface area contributed by atoms with Gasteiger partial charge < -0.3 is 5.11 Å². The van der Waals surface area contributed by atoms with E-state index in [1.165, 1.54) is 51.5 Å². The fourth-order valence-corrected chi connectivity index (χ4v) is 5.31. The van der Waals surface area contributed by atoms with Gasteiger partial charge in [-0.25, -0.2) is 0 Å². The van der Waals surface area contributed by atoms with Gasteiger partial charge in [-0.3, -0.25) is 4.90 Å². The average molecular weight is 285 g/mol. The fraction of sp³-hybridized carbons (Fsp3) is 0.684. The highest BCUT2D eigenvalue weighted by Gasteiger charge is 2.52. The zero-order valence-electron chi connectivity index (χ0n) is 12.9. The van der Waals surface area contributed by atoms with Crippen LogP contribution in [0.5, 0.6) is 0 Å². The summed E-state index contributed by atoms with van der Waals surface area (Å²) in [6.07, 6.45) is 10.0. The molecule has 2 saturated heterocycles. The third-order valence-corrected chi connectivity index (χ3v) is 6.26. The summed E-state index contributed by atoms with van der Waals surface area (Å²) >= 11 is 0. The van der Waals surface area contributed by atoms with Gasteiger partial charge in [-0.1, -0.05) is 49.6 Å². The van der Waals surface area contributed by atoms with Gasteiger partial charge in [0.1, 0.15) is 0 Å². The summed E-state index contributed by atoms with van der Waals surface area (Å²) in [6.45, 7) is 1.26. The Morgan fingerprint density at radius 3 is 2.57 bits per heavy atom. The van der Waals surface area contributed by atoms with Gasteiger partial charge in [0.25, 0.3) is 0 Å². The molecule has 21 heavy (non-hydrogen) atoms. The quantitative estimate of drug-likeness (QED) is 0.850. The lowest BCUT2D eigenvalue weighted by Crippen LogP contribution is -2.62. The second kappa shape index (κ2) is 5.40. The van der Waals surface area contributed by atoms with Crippen LogP contribution in [-0.4, -0.2) is 28.6 Å². The third kappa shape index (κ3) is 2.24. The van der Waals surface area contributed by atoms with Gasteiger partial charge >= 0.3 is 0 Å². The maximum atomic E-state index is 11.7. The first kappa shape index (κ1) is 13.8. The summed E-state index contributed by atoms with van der Waals surface area (Å²) in [6, 6.07) is 11.7. The number of rotatable bonds is 1. The standard InChI is InChI=1S/C19H27NO/c21-19(15-8-2-1-3-9-15)14-16-10-6-7-13-20(16)18-12-5-4-11-17(18)19/h1-3,8-9,16-18,21H,4-7,10-14H2/t16-,17+,18+,19+/m0/s1. The molecule has 3 aliphatic rings. The van der Waals surface area contributed by atoms with E-state index >= 15 is 0 Å². The molecule has 4 rings (SSSR count). The zero-order chi connectivity index (χ0) is 14.3. The number of hydrogen-bond acceptors (Lipinski definition) is 2. The summed E-state index contributed by atoms with van der Waals surface area (Å²) in [4.78, 5) is 2.77. The minimum absolute atomic E-state index is 0.433. The van der Waals surface area contributed by atoms with Crippen molar-refractivity contribution in [2.24, 2.45) is 5.92 Å². The smallest absolute Gasteiger partial charge is 0.0954 e. The highest BCUT2D eigenvalue weighted by atomic mass is 16.3. The zero-order valence-corrected chi connectivity index (χ0v) is 12.9. The maximum Gasteiger partial charge on any atom is 0.0954 e. The number of aliphatic hydroxyl groups is 1. The monoisotopic (exact) mass is 285 g/mol. The Morgan fingerprint density at radius 1 is 0.952 bits per heavy atom. The number of benzene rings is 1. The number of hydrogen-bond donors (Lipinski definition) is 1. The largest absolute Gasteiger partial charge is 0.385 e. The Bertz CT molecular complexity index is 488. The molecule has 1 N–H and O–H groups in total. The minimum Gasteiger partial charge on any atom is -0.385 e. The molecule has 1 saturated carbocycles. The summed E-state index contributed by atoms with van der Waals surface area (Å²) in [5.41, 5.74) is 0.567. The molecule has 1 aromatic rings. The van der Waals surface area contributed by atoms with Crippen LogP contribution >= 0.6 is 0 Å². The van der Waals surface area contributed by atoms with Crippen molar-refractivity contribution in [3.63, 3.8) is 0 Å². The van der Waals surface area contributed by atoms with Gasteiger partial charge in [0.2, 0.25) is 0 Å². The molecule has 0 unspecified atom stereocenters. The lowest BCUT2D eigenvalue weighted by Gasteiger charge is -2.57. The molecule has 3 fully saturated rings. The second-order valence-corrected chi connectivity index (χ2v) is 7.34. The molecular formula is C19H27NO. The van der Waals surface area contributed by atoms with E-state index in [0.717, 1.165) is 12.0 Å². The van der Waals surface area contributed by atoms with E-state index in [9.17, 15) is 5.11 Å². The second-order valence-electron chi connectivity index (χ2n) is 7.34. The topological polar surface area (TPSA) is 23.5 Å². The first-order chi connectivity index (χ1) is 10.3. The SMILES string of the molecule is O[C@@]1(c2ccccc2)C[C@@H]2CCCCN2[C@@H]2CCCC[C@H]21. The fourth-order valence-electron chi connectivity index (χ4n) is 5.31. The van der Waals surface area contributed by atoms with Crippen LogP contribution in [0.1, 0.15) is 56.9 Å². The number of nitrogens with zero attached hydrogens (tertiary/aromatic N) is 1. The molecule has 2 nitrogen and oxygen atoms in total. The molecule has 2 aliphatic heterocycles.